The monoisotopic (exact) mass is 610 g/mol. The van der Waals surface area contributed by atoms with Gasteiger partial charge in [0.15, 0.2) is 23.0 Å². The van der Waals surface area contributed by atoms with Crippen molar-refractivity contribution in [1.82, 2.24) is 0 Å². The summed E-state index contributed by atoms with van der Waals surface area (Å²) in [5.41, 5.74) is 1.89. The number of ether oxygens (including phenoxy) is 3. The molecule has 0 fully saturated rings. The molecule has 0 radical (unpaired) electrons. The molecule has 0 unspecified atom stereocenters. The van der Waals surface area contributed by atoms with Crippen molar-refractivity contribution >= 4 is 50.7 Å². The van der Waals surface area contributed by atoms with Crippen LogP contribution in [0.1, 0.15) is 16.7 Å². The van der Waals surface area contributed by atoms with E-state index in [1.165, 1.54) is 26.4 Å². The average Bonchev–Trinajstić information content (AvgIpc) is 2.90. The number of hydrogen-bond acceptors (Lipinski definition) is 8. The second kappa shape index (κ2) is 18.7. The van der Waals surface area contributed by atoms with Crippen LogP contribution in [0.3, 0.4) is 0 Å². The first kappa shape index (κ1) is 35.5. The van der Waals surface area contributed by atoms with Crippen LogP contribution in [0.5, 0.6) is 23.0 Å². The highest BCUT2D eigenvalue weighted by Gasteiger charge is 2.17. The molecule has 0 aliphatic carbocycles. The van der Waals surface area contributed by atoms with Crippen molar-refractivity contribution < 1.29 is 38.3 Å². The fourth-order valence-corrected chi connectivity index (χ4v) is 2.87. The molecule has 3 aromatic carbocycles. The van der Waals surface area contributed by atoms with Crippen LogP contribution in [0.4, 0.5) is 20.5 Å². The van der Waals surface area contributed by atoms with Gasteiger partial charge in [-0.15, -0.1) is 0 Å². The molecule has 0 aromatic heterocycles. The largest absolute Gasteiger partial charge is 0.504 e. The van der Waals surface area contributed by atoms with Crippen molar-refractivity contribution in [3.05, 3.63) is 91.5 Å². The quantitative estimate of drug-likeness (QED) is 0.164. The second-order valence-electron chi connectivity index (χ2n) is 7.14. The minimum atomic E-state index is -0.750. The summed E-state index contributed by atoms with van der Waals surface area (Å²) >= 11 is 14.4. The van der Waals surface area contributed by atoms with Gasteiger partial charge in [-0.05, 0) is 31.5 Å². The number of phenolic OH excluding ortho intramolecular Hbond substituents is 1. The minimum Gasteiger partial charge on any atom is -0.504 e. The Labute approximate surface area is 238 Å². The maximum Gasteiger partial charge on any atom is 0.450 e. The van der Waals surface area contributed by atoms with Crippen molar-refractivity contribution in [1.29, 1.82) is 0 Å². The molecule has 212 valence electrons. The third kappa shape index (κ3) is 12.7. The fourth-order valence-electron chi connectivity index (χ4n) is 2.87. The summed E-state index contributed by atoms with van der Waals surface area (Å²) in [6.45, 7) is 3.58. The Bertz CT molecular complexity index is 1210. The molecular formula is C23H24BCl3F2N2O8. The number of aromatic hydroxyl groups is 1. The Kier molecular flexibility index (Phi) is 17.0. The Hall–Kier alpha value is -3.55. The molecule has 16 heteroatoms. The first-order valence-electron chi connectivity index (χ1n) is 10.5. The van der Waals surface area contributed by atoms with Crippen LogP contribution in [-0.2, 0) is 6.61 Å². The van der Waals surface area contributed by atoms with Gasteiger partial charge in [-0.1, -0.05) is 30.3 Å². The van der Waals surface area contributed by atoms with Gasteiger partial charge >= 0.3 is 4.96 Å². The van der Waals surface area contributed by atoms with Gasteiger partial charge < -0.3 is 19.3 Å². The molecule has 0 amide bonds. The van der Waals surface area contributed by atoms with Gasteiger partial charge in [-0.2, -0.15) is 34.4 Å². The van der Waals surface area contributed by atoms with Gasteiger partial charge in [0.2, 0.25) is 0 Å². The third-order valence-electron chi connectivity index (χ3n) is 4.61. The Morgan fingerprint density at radius 3 is 1.69 bits per heavy atom. The topological polar surface area (TPSA) is 134 Å². The van der Waals surface area contributed by atoms with Crippen LogP contribution in [0.15, 0.2) is 54.6 Å². The standard InChI is InChI=1S/C15H15NO4.C8H9NO4.BCl3.F2/c1-11-8-14(19-2)15(9-13(11)16(17)18)20-10-12-6-4-3-5-7-12;1-5-3-8(13-2)7(10)4-6(5)9(11)12;2-1(3)4;1-2/h3-9H,10H2,1-2H3;3-4,10H,1-2H3;;. The van der Waals surface area contributed by atoms with Crippen molar-refractivity contribution in [2.75, 3.05) is 14.2 Å². The predicted octanol–water partition coefficient (Wildman–Crippen LogP) is 7.64. The zero-order chi connectivity index (χ0) is 30.1. The summed E-state index contributed by atoms with van der Waals surface area (Å²) in [4.78, 5) is 19.7. The van der Waals surface area contributed by atoms with E-state index in [9.17, 15) is 25.3 Å². The van der Waals surface area contributed by atoms with E-state index in [2.05, 4.69) is 0 Å². The fraction of sp³-hybridized carbons (Fsp3) is 0.217. The molecule has 0 aliphatic rings. The summed E-state index contributed by atoms with van der Waals surface area (Å²) in [6.07, 6.45) is 0. The third-order valence-corrected chi connectivity index (χ3v) is 4.61. The van der Waals surface area contributed by atoms with Gasteiger partial charge in [0.25, 0.3) is 11.4 Å². The number of nitro benzene ring substituents is 2. The molecular weight excluding hydrogens is 587 g/mol. The van der Waals surface area contributed by atoms with E-state index in [1.54, 1.807) is 19.9 Å². The van der Waals surface area contributed by atoms with E-state index in [1.807, 2.05) is 30.3 Å². The van der Waals surface area contributed by atoms with Crippen LogP contribution in [0.2, 0.25) is 0 Å². The van der Waals surface area contributed by atoms with E-state index in [0.29, 0.717) is 29.2 Å². The van der Waals surface area contributed by atoms with E-state index in [4.69, 9.17) is 57.7 Å². The lowest BCUT2D eigenvalue weighted by molar-refractivity contribution is -0.385. The molecule has 1 N–H and O–H groups in total. The van der Waals surface area contributed by atoms with Gasteiger partial charge in [0, 0.05) is 20.3 Å². The Balaban J connectivity index is 0.000000653. The number of rotatable bonds is 7. The van der Waals surface area contributed by atoms with Crippen LogP contribution in [0, 0.1) is 34.1 Å². The molecule has 0 heterocycles. The maximum atomic E-state index is 11.0. The highest BCUT2D eigenvalue weighted by atomic mass is 35.6. The number of aryl methyl sites for hydroxylation is 2. The molecule has 10 nitrogen and oxygen atoms in total. The maximum absolute atomic E-state index is 11.0. The molecule has 0 spiro atoms. The summed E-state index contributed by atoms with van der Waals surface area (Å²) in [7, 11) is 2.90. The lowest BCUT2D eigenvalue weighted by Gasteiger charge is -2.11. The van der Waals surface area contributed by atoms with E-state index in [-0.39, 0.29) is 22.9 Å². The smallest absolute Gasteiger partial charge is 0.450 e. The number of methoxy groups -OCH3 is 2. The number of nitro groups is 2. The van der Waals surface area contributed by atoms with Crippen molar-refractivity contribution in [3.8, 4) is 23.0 Å². The summed E-state index contributed by atoms with van der Waals surface area (Å²) < 4.78 is 31.6. The Morgan fingerprint density at radius 2 is 1.26 bits per heavy atom. The van der Waals surface area contributed by atoms with Crippen LogP contribution in [-0.4, -0.2) is 34.1 Å². The second-order valence-corrected chi connectivity index (χ2v) is 9.12. The molecule has 3 aromatic rings. The molecule has 0 aliphatic heterocycles. The highest BCUT2D eigenvalue weighted by molar-refractivity contribution is 7.54. The van der Waals surface area contributed by atoms with Crippen molar-refractivity contribution in [2.45, 2.75) is 20.5 Å². The first-order valence-corrected chi connectivity index (χ1v) is 11.8. The lowest BCUT2D eigenvalue weighted by atomic mass is 10.2. The lowest BCUT2D eigenvalue weighted by Crippen LogP contribution is -2.00. The zero-order valence-corrected chi connectivity index (χ0v) is 23.3. The van der Waals surface area contributed by atoms with Gasteiger partial charge in [-0.25, -0.2) is 0 Å². The minimum absolute atomic E-state index is 0.0221. The summed E-state index contributed by atoms with van der Waals surface area (Å²) in [5, 5.41) is 30.6. The van der Waals surface area contributed by atoms with Crippen molar-refractivity contribution in [3.63, 3.8) is 0 Å². The number of benzene rings is 3. The molecule has 0 saturated heterocycles. The Morgan fingerprint density at radius 1 is 0.821 bits per heavy atom. The zero-order valence-electron chi connectivity index (χ0n) is 21.1. The summed E-state index contributed by atoms with van der Waals surface area (Å²) in [6, 6.07) is 15.1. The molecule has 0 atom stereocenters. The van der Waals surface area contributed by atoms with E-state index >= 15 is 0 Å². The van der Waals surface area contributed by atoms with Crippen molar-refractivity contribution in [2.24, 2.45) is 0 Å². The van der Waals surface area contributed by atoms with Gasteiger partial charge in [0.05, 0.1) is 36.2 Å². The molecule has 0 saturated carbocycles. The van der Waals surface area contributed by atoms with E-state index in [0.717, 1.165) is 11.6 Å². The average molecular weight is 612 g/mol. The normalized spacial score (nSPS) is 9.26. The SMILES string of the molecule is COc1cc(C)c([N+](=O)[O-])cc1O.COc1cc(C)c([N+](=O)[O-])cc1OCc1ccccc1.ClB(Cl)Cl.FF. The molecule has 3 rings (SSSR count). The van der Waals surface area contributed by atoms with Crippen LogP contribution in [0.25, 0.3) is 0 Å². The number of hydrogen-bond donors (Lipinski definition) is 1. The van der Waals surface area contributed by atoms with E-state index < -0.39 is 14.8 Å². The van der Waals surface area contributed by atoms with Crippen LogP contribution >= 0.6 is 34.4 Å². The van der Waals surface area contributed by atoms with Gasteiger partial charge in [-0.3, -0.25) is 20.2 Å². The molecule has 0 bridgehead atoms. The van der Waals surface area contributed by atoms with Crippen LogP contribution < -0.4 is 14.2 Å². The summed E-state index contributed by atoms with van der Waals surface area (Å²) in [5.74, 6) is 0.876. The molecule has 39 heavy (non-hydrogen) atoms. The van der Waals surface area contributed by atoms with Gasteiger partial charge in [0.1, 0.15) is 6.61 Å². The number of nitrogens with zero attached hydrogens (tertiary/aromatic N) is 2. The number of phenols is 1. The number of halogens is 5. The first-order chi connectivity index (χ1) is 18.4. The predicted molar refractivity (Wildman–Crippen MR) is 147 cm³/mol. The highest BCUT2D eigenvalue weighted by Crippen LogP contribution is 2.35.